The van der Waals surface area contributed by atoms with Crippen molar-refractivity contribution in [2.24, 2.45) is 0 Å². The summed E-state index contributed by atoms with van der Waals surface area (Å²) in [6.07, 6.45) is 0.615. The molecule has 7 heteroatoms. The molecule has 0 saturated heterocycles. The highest BCUT2D eigenvalue weighted by atomic mass is 35.5. The molecule has 3 aromatic rings. The lowest BCUT2D eigenvalue weighted by Crippen LogP contribution is -3.00. The molecule has 0 spiro atoms. The number of fused-ring (bicyclic) bond motifs is 1. The molecule has 1 aliphatic rings. The van der Waals surface area contributed by atoms with Crippen molar-refractivity contribution in [3.8, 4) is 11.5 Å². The summed E-state index contributed by atoms with van der Waals surface area (Å²) in [5.74, 6) is -0.571. The molecule has 162 valence electrons. The van der Waals surface area contributed by atoms with E-state index in [1.54, 1.807) is 31.4 Å². The van der Waals surface area contributed by atoms with Crippen LogP contribution in [0.3, 0.4) is 0 Å². The van der Waals surface area contributed by atoms with Gasteiger partial charge in [-0.2, -0.15) is 0 Å². The van der Waals surface area contributed by atoms with Crippen molar-refractivity contribution < 1.29 is 39.6 Å². The number of ether oxygens (including phenoxy) is 2. The van der Waals surface area contributed by atoms with Gasteiger partial charge >= 0.3 is 0 Å². The fourth-order valence-corrected chi connectivity index (χ4v) is 3.89. The summed E-state index contributed by atoms with van der Waals surface area (Å²) in [5.41, 5.74) is 2.59. The Morgan fingerprint density at radius 3 is 2.06 bits per heavy atom. The van der Waals surface area contributed by atoms with Gasteiger partial charge in [-0.05, 0) is 42.0 Å². The number of halogens is 4. The Morgan fingerprint density at radius 1 is 0.806 bits per heavy atom. The van der Waals surface area contributed by atoms with E-state index >= 15 is 0 Å². The first kappa shape index (κ1) is 22.7. The van der Waals surface area contributed by atoms with Crippen molar-refractivity contribution in [3.05, 3.63) is 94.3 Å². The van der Waals surface area contributed by atoms with Crippen LogP contribution in [-0.2, 0) is 13.0 Å². The van der Waals surface area contributed by atoms with Gasteiger partial charge < -0.3 is 21.9 Å². The van der Waals surface area contributed by atoms with Gasteiger partial charge in [0, 0.05) is 6.42 Å². The Kier molecular flexibility index (Phi) is 6.91. The van der Waals surface area contributed by atoms with Crippen molar-refractivity contribution in [1.29, 1.82) is 0 Å². The second-order valence-electron chi connectivity index (χ2n) is 7.06. The zero-order valence-electron chi connectivity index (χ0n) is 17.1. The van der Waals surface area contributed by atoms with Crippen LogP contribution in [0.4, 0.5) is 13.2 Å². The van der Waals surface area contributed by atoms with E-state index < -0.39 is 17.5 Å². The topological polar surface area (TPSA) is 21.5 Å². The van der Waals surface area contributed by atoms with Gasteiger partial charge in [-0.25, -0.2) is 17.7 Å². The summed E-state index contributed by atoms with van der Waals surface area (Å²) in [6.45, 7) is 0.454. The first-order chi connectivity index (χ1) is 14.5. The smallest absolute Gasteiger partial charge is 0.218 e. The first-order valence-corrected chi connectivity index (χ1v) is 9.58. The number of benzene rings is 3. The zero-order valence-corrected chi connectivity index (χ0v) is 17.8. The molecule has 0 fully saturated rings. The van der Waals surface area contributed by atoms with Crippen LogP contribution in [0.15, 0.2) is 54.6 Å². The summed E-state index contributed by atoms with van der Waals surface area (Å²) >= 11 is 0. The van der Waals surface area contributed by atoms with Gasteiger partial charge in [0.25, 0.3) is 0 Å². The Morgan fingerprint density at radius 2 is 1.42 bits per heavy atom. The van der Waals surface area contributed by atoms with E-state index in [9.17, 15) is 13.2 Å². The van der Waals surface area contributed by atoms with Gasteiger partial charge in [0.2, 0.25) is 5.71 Å². The number of nitrogens with zero attached hydrogens (tertiary/aromatic N) is 1. The van der Waals surface area contributed by atoms with E-state index in [1.165, 1.54) is 31.4 Å². The predicted molar refractivity (Wildman–Crippen MR) is 108 cm³/mol. The molecule has 4 rings (SSSR count). The summed E-state index contributed by atoms with van der Waals surface area (Å²) in [5, 5.41) is 0. The summed E-state index contributed by atoms with van der Waals surface area (Å²) in [6, 6.07) is 13.8. The van der Waals surface area contributed by atoms with Crippen molar-refractivity contribution in [3.63, 3.8) is 0 Å². The lowest BCUT2D eigenvalue weighted by molar-refractivity contribution is -0.544. The highest BCUT2D eigenvalue weighted by Gasteiger charge is 2.32. The molecule has 0 N–H and O–H groups in total. The SMILES string of the molecule is COc1cc2c(cc1OC)C(c1ccccc1F)=[N+](Cc1c(F)cccc1F)CC2.[Cl-]. The molecule has 0 amide bonds. The molecule has 0 radical (unpaired) electrons. The quantitative estimate of drug-likeness (QED) is 0.556. The Balaban J connectivity index is 0.00000272. The predicted octanol–water partition coefficient (Wildman–Crippen LogP) is 1.73. The molecule has 3 nitrogen and oxygen atoms in total. The third-order valence-electron chi connectivity index (χ3n) is 5.37. The number of rotatable bonds is 5. The van der Waals surface area contributed by atoms with Crippen molar-refractivity contribution in [1.82, 2.24) is 0 Å². The van der Waals surface area contributed by atoms with E-state index in [1.807, 2.05) is 10.6 Å². The summed E-state index contributed by atoms with van der Waals surface area (Å²) in [4.78, 5) is 0. The molecule has 1 aliphatic heterocycles. The highest BCUT2D eigenvalue weighted by Crippen LogP contribution is 2.34. The number of methoxy groups -OCH3 is 2. The van der Waals surface area contributed by atoms with Gasteiger partial charge in [0.1, 0.15) is 24.0 Å². The van der Waals surface area contributed by atoms with Gasteiger partial charge in [0.05, 0.1) is 30.9 Å². The van der Waals surface area contributed by atoms with E-state index in [2.05, 4.69) is 0 Å². The van der Waals surface area contributed by atoms with E-state index in [0.717, 1.165) is 11.1 Å². The Bertz CT molecular complexity index is 1130. The largest absolute Gasteiger partial charge is 1.00 e. The second-order valence-corrected chi connectivity index (χ2v) is 7.06. The van der Waals surface area contributed by atoms with Gasteiger partial charge in [0.15, 0.2) is 18.0 Å². The molecule has 0 saturated carbocycles. The van der Waals surface area contributed by atoms with E-state index in [-0.39, 0.29) is 24.5 Å². The molecular formula is C24H21ClF3NO2. The lowest BCUT2D eigenvalue weighted by atomic mass is 9.91. The van der Waals surface area contributed by atoms with Gasteiger partial charge in [-0.1, -0.05) is 18.2 Å². The average molecular weight is 448 g/mol. The van der Waals surface area contributed by atoms with Crippen LogP contribution < -0.4 is 21.9 Å². The van der Waals surface area contributed by atoms with Crippen LogP contribution in [0, 0.1) is 17.5 Å². The Hall–Kier alpha value is -2.99. The minimum atomic E-state index is -0.624. The normalized spacial score (nSPS) is 12.8. The zero-order chi connectivity index (χ0) is 21.3. The molecule has 0 aromatic heterocycles. The number of hydrogen-bond donors (Lipinski definition) is 0. The Labute approximate surface area is 185 Å². The van der Waals surface area contributed by atoms with Crippen LogP contribution in [0.5, 0.6) is 11.5 Å². The summed E-state index contributed by atoms with van der Waals surface area (Å²) < 4.78 is 56.1. The van der Waals surface area contributed by atoms with E-state index in [0.29, 0.717) is 35.7 Å². The third-order valence-corrected chi connectivity index (χ3v) is 5.37. The maximum Gasteiger partial charge on any atom is 0.218 e. The fraction of sp³-hybridized carbons (Fsp3) is 0.208. The second kappa shape index (κ2) is 9.43. The molecule has 0 aliphatic carbocycles. The first-order valence-electron chi connectivity index (χ1n) is 9.58. The highest BCUT2D eigenvalue weighted by molar-refractivity contribution is 6.11. The van der Waals surface area contributed by atoms with Crippen LogP contribution in [0.1, 0.15) is 22.3 Å². The molecular weight excluding hydrogens is 427 g/mol. The van der Waals surface area contributed by atoms with Crippen LogP contribution in [-0.4, -0.2) is 31.1 Å². The van der Waals surface area contributed by atoms with E-state index in [4.69, 9.17) is 9.47 Å². The average Bonchev–Trinajstić information content (AvgIpc) is 2.75. The molecule has 3 aromatic carbocycles. The molecule has 0 atom stereocenters. The third kappa shape index (κ3) is 4.26. The van der Waals surface area contributed by atoms with Crippen molar-refractivity contribution in [2.75, 3.05) is 20.8 Å². The fourth-order valence-electron chi connectivity index (χ4n) is 3.89. The summed E-state index contributed by atoms with van der Waals surface area (Å²) in [7, 11) is 3.09. The van der Waals surface area contributed by atoms with Crippen LogP contribution in [0.25, 0.3) is 0 Å². The van der Waals surface area contributed by atoms with Gasteiger partial charge in [-0.15, -0.1) is 0 Å². The minimum absolute atomic E-state index is 0. The van der Waals surface area contributed by atoms with Crippen LogP contribution >= 0.6 is 0 Å². The standard InChI is InChI=1S/C24H21F3NO2.ClH/c1-29-22-12-15-10-11-28(14-18-20(26)8-5-9-21(18)27)24(17(15)13-23(22)30-2)16-6-3-4-7-19(16)25;/h3-9,12-13H,10-11,14H2,1-2H3;1H/q+1;/p-1. The lowest BCUT2D eigenvalue weighted by Gasteiger charge is -2.21. The molecule has 1 heterocycles. The van der Waals surface area contributed by atoms with Crippen LogP contribution in [0.2, 0.25) is 0 Å². The maximum absolute atomic E-state index is 14.8. The van der Waals surface area contributed by atoms with Crippen molar-refractivity contribution in [2.45, 2.75) is 13.0 Å². The molecule has 0 bridgehead atoms. The van der Waals surface area contributed by atoms with Gasteiger partial charge in [-0.3, -0.25) is 0 Å². The van der Waals surface area contributed by atoms with Crippen molar-refractivity contribution >= 4 is 5.71 Å². The molecule has 0 unspecified atom stereocenters. The minimum Gasteiger partial charge on any atom is -1.00 e. The number of hydrogen-bond acceptors (Lipinski definition) is 2. The molecule has 31 heavy (non-hydrogen) atoms. The maximum atomic E-state index is 14.8. The monoisotopic (exact) mass is 447 g/mol.